The molecule has 0 aliphatic carbocycles. The monoisotopic (exact) mass is 653 g/mol. The lowest BCUT2D eigenvalue weighted by molar-refractivity contribution is -0.118. The molecule has 0 saturated heterocycles. The molecule has 0 atom stereocenters. The molecule has 10 heteroatoms. The van der Waals surface area contributed by atoms with Crippen molar-refractivity contribution in [3.05, 3.63) is 86.0 Å². The topological polar surface area (TPSA) is 127 Å². The molecule has 0 fully saturated rings. The molecule has 0 aliphatic heterocycles. The molecule has 2 N–H and O–H groups in total. The number of benzene rings is 3. The van der Waals surface area contributed by atoms with Gasteiger partial charge in [0.05, 0.1) is 22.9 Å². The lowest BCUT2D eigenvalue weighted by Gasteiger charge is -2.15. The Balaban J connectivity index is 1.76. The van der Waals surface area contributed by atoms with Crippen molar-refractivity contribution in [3.8, 4) is 17.6 Å². The number of halogens is 1. The minimum Gasteiger partial charge on any atom is -0.490 e. The highest BCUT2D eigenvalue weighted by Crippen LogP contribution is 2.35. The summed E-state index contributed by atoms with van der Waals surface area (Å²) in [4.78, 5) is 36.9. The lowest BCUT2D eigenvalue weighted by Crippen LogP contribution is -2.21. The second-order valence-corrected chi connectivity index (χ2v) is 9.77. The van der Waals surface area contributed by atoms with E-state index >= 15 is 0 Å². The van der Waals surface area contributed by atoms with E-state index in [-0.39, 0.29) is 18.1 Å². The number of esters is 1. The van der Waals surface area contributed by atoms with Gasteiger partial charge in [-0.15, -0.1) is 0 Å². The predicted molar refractivity (Wildman–Crippen MR) is 160 cm³/mol. The van der Waals surface area contributed by atoms with Crippen molar-refractivity contribution in [3.63, 3.8) is 0 Å². The van der Waals surface area contributed by atoms with E-state index in [1.807, 2.05) is 45.0 Å². The Labute approximate surface area is 246 Å². The van der Waals surface area contributed by atoms with Gasteiger partial charge in [-0.05, 0) is 109 Å². The molecule has 0 radical (unpaired) electrons. The lowest BCUT2D eigenvalue weighted by atomic mass is 10.1. The molecule has 9 nitrogen and oxygen atoms in total. The molecule has 0 heterocycles. The smallest absolute Gasteiger partial charge is 0.337 e. The van der Waals surface area contributed by atoms with E-state index in [1.54, 1.807) is 12.1 Å². The highest BCUT2D eigenvalue weighted by Gasteiger charge is 2.16. The van der Waals surface area contributed by atoms with Crippen LogP contribution in [-0.2, 0) is 14.3 Å². The zero-order chi connectivity index (χ0) is 29.2. The Morgan fingerprint density at radius 3 is 2.38 bits per heavy atom. The molecule has 2 amide bonds. The number of ether oxygens (including phenoxy) is 3. The fraction of sp³-hybridized carbons (Fsp3) is 0.200. The van der Waals surface area contributed by atoms with Crippen LogP contribution in [0, 0.1) is 28.7 Å². The van der Waals surface area contributed by atoms with Gasteiger partial charge in [-0.1, -0.05) is 12.1 Å². The van der Waals surface area contributed by atoms with Crippen LogP contribution in [0.5, 0.6) is 11.5 Å². The van der Waals surface area contributed by atoms with Crippen molar-refractivity contribution in [1.29, 1.82) is 5.26 Å². The second kappa shape index (κ2) is 14.1. The average Bonchev–Trinajstić information content (AvgIpc) is 2.93. The zero-order valence-electron chi connectivity index (χ0n) is 22.5. The summed E-state index contributed by atoms with van der Waals surface area (Å²) in [6, 6.07) is 17.2. The molecule has 0 aliphatic rings. The first-order valence-corrected chi connectivity index (χ1v) is 13.3. The fourth-order valence-electron chi connectivity index (χ4n) is 3.59. The number of nitrogens with zero attached hydrogens (tertiary/aromatic N) is 1. The van der Waals surface area contributed by atoms with Gasteiger partial charge in [0, 0.05) is 11.4 Å². The number of methoxy groups -OCH3 is 1. The third kappa shape index (κ3) is 8.07. The SMILES string of the molecule is CCOc1cc(/C=C(/C#N)C(=O)Nc2ccc(C(=O)OC)cc2)cc(I)c1OCC(=O)Nc1cc(C)ccc1C. The Hall–Kier alpha value is -4.37. The molecule has 3 aromatic carbocycles. The minimum atomic E-state index is -0.621. The van der Waals surface area contributed by atoms with Gasteiger partial charge in [-0.2, -0.15) is 5.26 Å². The molecule has 0 spiro atoms. The quantitative estimate of drug-likeness (QED) is 0.125. The summed E-state index contributed by atoms with van der Waals surface area (Å²) in [5.74, 6) is -0.686. The van der Waals surface area contributed by atoms with Crippen LogP contribution in [0.4, 0.5) is 11.4 Å². The predicted octanol–water partition coefficient (Wildman–Crippen LogP) is 5.66. The molecule has 3 rings (SSSR count). The highest BCUT2D eigenvalue weighted by molar-refractivity contribution is 14.1. The van der Waals surface area contributed by atoms with Crippen LogP contribution in [0.1, 0.15) is 34.0 Å². The maximum absolute atomic E-state index is 12.8. The van der Waals surface area contributed by atoms with Crippen LogP contribution in [0.25, 0.3) is 6.08 Å². The summed E-state index contributed by atoms with van der Waals surface area (Å²) in [5, 5.41) is 15.1. The van der Waals surface area contributed by atoms with Crippen LogP contribution < -0.4 is 20.1 Å². The van der Waals surface area contributed by atoms with E-state index in [9.17, 15) is 19.6 Å². The number of amides is 2. The van der Waals surface area contributed by atoms with Crippen molar-refractivity contribution in [2.45, 2.75) is 20.8 Å². The Bertz CT molecular complexity index is 1490. The van der Waals surface area contributed by atoms with Gasteiger partial charge in [-0.3, -0.25) is 9.59 Å². The van der Waals surface area contributed by atoms with Crippen LogP contribution in [-0.4, -0.2) is 38.1 Å². The number of rotatable bonds is 10. The standard InChI is InChI=1S/C30H28IN3O6/c1-5-39-26-15-20(13-22(16-32)29(36)33-23-10-8-21(9-11-23)30(37)38-4)14-24(31)28(26)40-17-27(35)34-25-12-18(2)6-7-19(25)3/h6-15H,5,17H2,1-4H3,(H,33,36)(H,34,35)/b22-13-. The largest absolute Gasteiger partial charge is 0.490 e. The molecule has 40 heavy (non-hydrogen) atoms. The maximum Gasteiger partial charge on any atom is 0.337 e. The first-order valence-electron chi connectivity index (χ1n) is 12.2. The third-order valence-corrected chi connectivity index (χ3v) is 6.39. The van der Waals surface area contributed by atoms with Gasteiger partial charge >= 0.3 is 5.97 Å². The van der Waals surface area contributed by atoms with E-state index in [2.05, 4.69) is 38.0 Å². The molecule has 206 valence electrons. The molecule has 3 aromatic rings. The van der Waals surface area contributed by atoms with Crippen molar-refractivity contribution >= 4 is 57.8 Å². The summed E-state index contributed by atoms with van der Waals surface area (Å²) in [5.41, 5.74) is 3.82. The number of hydrogen-bond acceptors (Lipinski definition) is 7. The van der Waals surface area contributed by atoms with Gasteiger partial charge in [0.25, 0.3) is 11.8 Å². The molecular weight excluding hydrogens is 625 g/mol. The van der Waals surface area contributed by atoms with Crippen molar-refractivity contribution in [2.24, 2.45) is 0 Å². The zero-order valence-corrected chi connectivity index (χ0v) is 24.6. The van der Waals surface area contributed by atoms with E-state index in [1.165, 1.54) is 37.5 Å². The normalized spacial score (nSPS) is 10.8. The summed E-state index contributed by atoms with van der Waals surface area (Å²) in [6.45, 7) is 5.77. The Morgan fingerprint density at radius 1 is 1.00 bits per heavy atom. The van der Waals surface area contributed by atoms with E-state index in [0.29, 0.717) is 38.5 Å². The number of carbonyl (C=O) groups excluding carboxylic acids is 3. The van der Waals surface area contributed by atoms with Gasteiger partial charge in [-0.25, -0.2) is 4.79 Å². The average molecular weight is 653 g/mol. The molecule has 0 bridgehead atoms. The van der Waals surface area contributed by atoms with Crippen LogP contribution in [0.3, 0.4) is 0 Å². The minimum absolute atomic E-state index is 0.142. The third-order valence-electron chi connectivity index (χ3n) is 5.59. The Morgan fingerprint density at radius 2 is 1.73 bits per heavy atom. The number of nitrogens with one attached hydrogen (secondary N) is 2. The van der Waals surface area contributed by atoms with Crippen molar-refractivity contribution in [1.82, 2.24) is 0 Å². The van der Waals surface area contributed by atoms with Crippen molar-refractivity contribution in [2.75, 3.05) is 31.0 Å². The number of carbonyl (C=O) groups is 3. The van der Waals surface area contributed by atoms with Crippen LogP contribution >= 0.6 is 22.6 Å². The number of aryl methyl sites for hydroxylation is 2. The number of nitriles is 1. The van der Waals surface area contributed by atoms with E-state index in [0.717, 1.165) is 16.8 Å². The molecule has 0 aromatic heterocycles. The second-order valence-electron chi connectivity index (χ2n) is 8.61. The van der Waals surface area contributed by atoms with Crippen LogP contribution in [0.2, 0.25) is 0 Å². The first-order chi connectivity index (χ1) is 19.1. The molecule has 0 saturated carbocycles. The molecule has 0 unspecified atom stereocenters. The fourth-order valence-corrected chi connectivity index (χ4v) is 4.37. The van der Waals surface area contributed by atoms with E-state index < -0.39 is 11.9 Å². The number of anilines is 2. The summed E-state index contributed by atoms with van der Waals surface area (Å²) < 4.78 is 16.9. The maximum atomic E-state index is 12.8. The van der Waals surface area contributed by atoms with Gasteiger partial charge in [0.15, 0.2) is 18.1 Å². The number of hydrogen-bond donors (Lipinski definition) is 2. The molecular formula is C30H28IN3O6. The first kappa shape index (κ1) is 30.2. The highest BCUT2D eigenvalue weighted by atomic mass is 127. The van der Waals surface area contributed by atoms with E-state index in [4.69, 9.17) is 9.47 Å². The van der Waals surface area contributed by atoms with Gasteiger partial charge in [0.2, 0.25) is 0 Å². The summed E-state index contributed by atoms with van der Waals surface area (Å²) in [6.07, 6.45) is 1.43. The van der Waals surface area contributed by atoms with Gasteiger partial charge in [0.1, 0.15) is 11.6 Å². The summed E-state index contributed by atoms with van der Waals surface area (Å²) >= 11 is 2.05. The van der Waals surface area contributed by atoms with Gasteiger partial charge < -0.3 is 24.8 Å². The van der Waals surface area contributed by atoms with Crippen molar-refractivity contribution < 1.29 is 28.6 Å². The van der Waals surface area contributed by atoms with Crippen LogP contribution in [0.15, 0.2) is 60.2 Å². The summed E-state index contributed by atoms with van der Waals surface area (Å²) in [7, 11) is 1.28. The Kier molecular flexibility index (Phi) is 10.7.